The van der Waals surface area contributed by atoms with Gasteiger partial charge in [-0.15, -0.1) is 0 Å². The van der Waals surface area contributed by atoms with Gasteiger partial charge in [-0.2, -0.15) is 0 Å². The first-order chi connectivity index (χ1) is 12.7. The first kappa shape index (κ1) is 16.3. The van der Waals surface area contributed by atoms with Crippen molar-refractivity contribution in [2.24, 2.45) is 5.92 Å². The van der Waals surface area contributed by atoms with Crippen LogP contribution >= 0.6 is 0 Å². The van der Waals surface area contributed by atoms with Gasteiger partial charge in [0, 0.05) is 24.4 Å². The standard InChI is InChI=1S/C21H17FN2O2/c22-15-6-3-7-16(11-15)26-20-9-2-1-8-19(20)24-21(25)18-12-17(18)14-5-4-10-23-13-14/h1-11,13,17-18H,12H2,(H,24,25)/t17-,18-/m0/s1. The molecule has 0 bridgehead atoms. The molecule has 1 saturated carbocycles. The van der Waals surface area contributed by atoms with Crippen molar-refractivity contribution < 1.29 is 13.9 Å². The van der Waals surface area contributed by atoms with Crippen LogP contribution in [-0.2, 0) is 4.79 Å². The molecule has 0 radical (unpaired) electrons. The Morgan fingerprint density at radius 3 is 2.81 bits per heavy atom. The molecule has 1 N–H and O–H groups in total. The maximum absolute atomic E-state index is 13.3. The molecule has 2 atom stereocenters. The molecule has 130 valence electrons. The first-order valence-corrected chi connectivity index (χ1v) is 8.44. The normalized spacial score (nSPS) is 18.2. The lowest BCUT2D eigenvalue weighted by atomic mass is 10.1. The molecule has 0 spiro atoms. The molecule has 0 saturated heterocycles. The van der Waals surface area contributed by atoms with Crippen LogP contribution in [0.3, 0.4) is 0 Å². The lowest BCUT2D eigenvalue weighted by Crippen LogP contribution is -2.15. The predicted octanol–water partition coefficient (Wildman–Crippen LogP) is 4.76. The second-order valence-corrected chi connectivity index (χ2v) is 6.28. The fraction of sp³-hybridized carbons (Fsp3) is 0.143. The van der Waals surface area contributed by atoms with E-state index in [2.05, 4.69) is 10.3 Å². The number of rotatable bonds is 5. The van der Waals surface area contributed by atoms with Crippen molar-refractivity contribution in [3.8, 4) is 11.5 Å². The molecule has 1 aliphatic rings. The van der Waals surface area contributed by atoms with E-state index in [1.807, 2.05) is 18.2 Å². The fourth-order valence-corrected chi connectivity index (χ4v) is 2.99. The smallest absolute Gasteiger partial charge is 0.228 e. The number of pyridine rings is 1. The van der Waals surface area contributed by atoms with Crippen LogP contribution < -0.4 is 10.1 Å². The van der Waals surface area contributed by atoms with E-state index in [1.165, 1.54) is 12.1 Å². The number of carbonyl (C=O) groups excluding carboxylic acids is 1. The van der Waals surface area contributed by atoms with Gasteiger partial charge in [-0.25, -0.2) is 4.39 Å². The van der Waals surface area contributed by atoms with Crippen LogP contribution in [0.4, 0.5) is 10.1 Å². The van der Waals surface area contributed by atoms with Crippen LogP contribution in [0.5, 0.6) is 11.5 Å². The first-order valence-electron chi connectivity index (χ1n) is 8.44. The topological polar surface area (TPSA) is 51.2 Å². The van der Waals surface area contributed by atoms with Gasteiger partial charge >= 0.3 is 0 Å². The molecule has 0 aliphatic heterocycles. The van der Waals surface area contributed by atoms with Gasteiger partial charge in [0.05, 0.1) is 5.69 Å². The Morgan fingerprint density at radius 1 is 1.12 bits per heavy atom. The Kier molecular flexibility index (Phi) is 4.35. The van der Waals surface area contributed by atoms with Crippen LogP contribution in [0.25, 0.3) is 0 Å². The van der Waals surface area contributed by atoms with E-state index < -0.39 is 0 Å². The monoisotopic (exact) mass is 348 g/mol. The van der Waals surface area contributed by atoms with Crippen LogP contribution in [0, 0.1) is 11.7 Å². The summed E-state index contributed by atoms with van der Waals surface area (Å²) in [5.41, 5.74) is 1.65. The Morgan fingerprint density at radius 2 is 2.00 bits per heavy atom. The van der Waals surface area contributed by atoms with E-state index in [4.69, 9.17) is 4.74 Å². The van der Waals surface area contributed by atoms with Crippen molar-refractivity contribution in [3.05, 3.63) is 84.4 Å². The summed E-state index contributed by atoms with van der Waals surface area (Å²) in [6, 6.07) is 16.9. The number of para-hydroxylation sites is 2. The van der Waals surface area contributed by atoms with E-state index in [0.29, 0.717) is 17.2 Å². The number of aromatic nitrogens is 1. The molecule has 5 heteroatoms. The summed E-state index contributed by atoms with van der Waals surface area (Å²) in [5.74, 6) is 0.577. The van der Waals surface area contributed by atoms with Gasteiger partial charge in [0.15, 0.2) is 5.75 Å². The lowest BCUT2D eigenvalue weighted by Gasteiger charge is -2.12. The number of halogens is 1. The summed E-state index contributed by atoms with van der Waals surface area (Å²) in [6.07, 6.45) is 4.34. The molecule has 26 heavy (non-hydrogen) atoms. The number of benzene rings is 2. The summed E-state index contributed by atoms with van der Waals surface area (Å²) >= 11 is 0. The summed E-state index contributed by atoms with van der Waals surface area (Å²) in [6.45, 7) is 0. The summed E-state index contributed by atoms with van der Waals surface area (Å²) in [4.78, 5) is 16.7. The maximum atomic E-state index is 13.3. The molecule has 1 heterocycles. The van der Waals surface area contributed by atoms with Crippen molar-refractivity contribution in [2.45, 2.75) is 12.3 Å². The summed E-state index contributed by atoms with van der Waals surface area (Å²) in [7, 11) is 0. The molecule has 1 fully saturated rings. The Labute approximate surface area is 150 Å². The minimum absolute atomic E-state index is 0.0471. The number of anilines is 1. The third kappa shape index (κ3) is 3.57. The second kappa shape index (κ2) is 6.96. The average molecular weight is 348 g/mol. The van der Waals surface area contributed by atoms with Gasteiger partial charge in [-0.3, -0.25) is 9.78 Å². The number of ether oxygens (including phenoxy) is 1. The number of hydrogen-bond acceptors (Lipinski definition) is 3. The maximum Gasteiger partial charge on any atom is 0.228 e. The molecule has 2 aromatic carbocycles. The number of carbonyl (C=O) groups is 1. The zero-order valence-electron chi connectivity index (χ0n) is 13.9. The van der Waals surface area contributed by atoms with E-state index in [9.17, 15) is 9.18 Å². The molecule has 1 aliphatic carbocycles. The molecule has 0 unspecified atom stereocenters. The van der Waals surface area contributed by atoms with Crippen LogP contribution in [0.1, 0.15) is 17.9 Å². The summed E-state index contributed by atoms with van der Waals surface area (Å²) < 4.78 is 19.1. The SMILES string of the molecule is O=C(Nc1ccccc1Oc1cccc(F)c1)[C@H]1C[C@H]1c1cccnc1. The van der Waals surface area contributed by atoms with Crippen molar-refractivity contribution in [2.75, 3.05) is 5.32 Å². The highest BCUT2D eigenvalue weighted by molar-refractivity contribution is 5.96. The van der Waals surface area contributed by atoms with Crippen LogP contribution in [0.15, 0.2) is 73.1 Å². The Hall–Kier alpha value is -3.21. The van der Waals surface area contributed by atoms with E-state index in [1.54, 1.807) is 42.7 Å². The molecule has 4 rings (SSSR count). The van der Waals surface area contributed by atoms with Gasteiger partial charge in [-0.1, -0.05) is 24.3 Å². The Bertz CT molecular complexity index is 930. The van der Waals surface area contributed by atoms with Gasteiger partial charge in [0.1, 0.15) is 11.6 Å². The molecule has 1 aromatic heterocycles. The van der Waals surface area contributed by atoms with Crippen molar-refractivity contribution in [1.29, 1.82) is 0 Å². The zero-order valence-corrected chi connectivity index (χ0v) is 13.9. The van der Waals surface area contributed by atoms with Crippen molar-refractivity contribution in [3.63, 3.8) is 0 Å². The van der Waals surface area contributed by atoms with Crippen LogP contribution in [0.2, 0.25) is 0 Å². The minimum atomic E-state index is -0.374. The second-order valence-electron chi connectivity index (χ2n) is 6.28. The van der Waals surface area contributed by atoms with Gasteiger partial charge in [-0.05, 0) is 48.2 Å². The minimum Gasteiger partial charge on any atom is -0.455 e. The predicted molar refractivity (Wildman–Crippen MR) is 96.6 cm³/mol. The van der Waals surface area contributed by atoms with Gasteiger partial charge in [0.2, 0.25) is 5.91 Å². The molecule has 1 amide bonds. The largest absolute Gasteiger partial charge is 0.455 e. The van der Waals surface area contributed by atoms with Gasteiger partial charge < -0.3 is 10.1 Å². The number of nitrogens with one attached hydrogen (secondary N) is 1. The molecule has 3 aromatic rings. The molecular formula is C21H17FN2O2. The average Bonchev–Trinajstić information content (AvgIpc) is 3.45. The number of amides is 1. The third-order valence-electron chi connectivity index (χ3n) is 4.41. The quantitative estimate of drug-likeness (QED) is 0.723. The molecular weight excluding hydrogens is 331 g/mol. The van der Waals surface area contributed by atoms with Crippen LogP contribution in [-0.4, -0.2) is 10.9 Å². The highest BCUT2D eigenvalue weighted by Crippen LogP contribution is 2.48. The number of hydrogen-bond donors (Lipinski definition) is 1. The highest BCUT2D eigenvalue weighted by Gasteiger charge is 2.44. The number of nitrogens with zero attached hydrogens (tertiary/aromatic N) is 1. The zero-order chi connectivity index (χ0) is 17.9. The van der Waals surface area contributed by atoms with E-state index >= 15 is 0 Å². The fourth-order valence-electron chi connectivity index (χ4n) is 2.99. The summed E-state index contributed by atoms with van der Waals surface area (Å²) in [5, 5.41) is 2.93. The third-order valence-corrected chi connectivity index (χ3v) is 4.41. The lowest BCUT2D eigenvalue weighted by molar-refractivity contribution is -0.117. The molecule has 4 nitrogen and oxygen atoms in total. The Balaban J connectivity index is 1.46. The van der Waals surface area contributed by atoms with Crippen molar-refractivity contribution >= 4 is 11.6 Å². The van der Waals surface area contributed by atoms with Gasteiger partial charge in [0.25, 0.3) is 0 Å². The van der Waals surface area contributed by atoms with E-state index in [0.717, 1.165) is 12.0 Å². The highest BCUT2D eigenvalue weighted by atomic mass is 19.1. The van der Waals surface area contributed by atoms with E-state index in [-0.39, 0.29) is 23.6 Å². The van der Waals surface area contributed by atoms with Crippen molar-refractivity contribution in [1.82, 2.24) is 4.98 Å².